The van der Waals surface area contributed by atoms with Gasteiger partial charge in [0.2, 0.25) is 0 Å². The number of aromatic nitrogens is 2. The standard InChI is InChI=1S/C13H20N4O3/c1-3-9-10(5-14)12(17-16-11(9)4-2)15-13(6-18,7-19)8-20/h18-20H,3-4,6-8H2,1-2H3,(H,15,17). The predicted molar refractivity (Wildman–Crippen MR) is 73.1 cm³/mol. The van der Waals surface area contributed by atoms with Crippen LogP contribution >= 0.6 is 0 Å². The molecule has 0 aliphatic rings. The van der Waals surface area contributed by atoms with E-state index in [9.17, 15) is 20.6 Å². The SMILES string of the molecule is CCc1nnc(NC(CO)(CO)CO)c(C#N)c1CC. The van der Waals surface area contributed by atoms with Crippen molar-refractivity contribution in [1.29, 1.82) is 5.26 Å². The molecule has 0 atom stereocenters. The third-order valence-corrected chi connectivity index (χ3v) is 3.25. The van der Waals surface area contributed by atoms with Crippen LogP contribution in [-0.4, -0.2) is 50.9 Å². The number of aliphatic hydroxyl groups is 3. The Hall–Kier alpha value is -1.75. The van der Waals surface area contributed by atoms with Crippen LogP contribution in [0.15, 0.2) is 0 Å². The third kappa shape index (κ3) is 3.04. The zero-order valence-corrected chi connectivity index (χ0v) is 11.7. The van der Waals surface area contributed by atoms with Gasteiger partial charge in [0.15, 0.2) is 5.82 Å². The fourth-order valence-electron chi connectivity index (χ4n) is 1.90. The van der Waals surface area contributed by atoms with E-state index in [0.29, 0.717) is 18.4 Å². The van der Waals surface area contributed by atoms with Crippen LogP contribution in [-0.2, 0) is 12.8 Å². The maximum atomic E-state index is 9.32. The van der Waals surface area contributed by atoms with E-state index in [0.717, 1.165) is 11.3 Å². The number of hydrogen-bond donors (Lipinski definition) is 4. The quantitative estimate of drug-likeness (QED) is 0.536. The lowest BCUT2D eigenvalue weighted by Gasteiger charge is -2.29. The van der Waals surface area contributed by atoms with Crippen molar-refractivity contribution >= 4 is 5.82 Å². The van der Waals surface area contributed by atoms with Gasteiger partial charge in [-0.3, -0.25) is 0 Å². The topological polar surface area (TPSA) is 122 Å². The highest BCUT2D eigenvalue weighted by atomic mass is 16.3. The van der Waals surface area contributed by atoms with E-state index in [-0.39, 0.29) is 5.82 Å². The first kappa shape index (κ1) is 16.3. The Kier molecular flexibility index (Phi) is 5.82. The Morgan fingerprint density at radius 1 is 1.10 bits per heavy atom. The van der Waals surface area contributed by atoms with Crippen molar-refractivity contribution in [2.24, 2.45) is 0 Å². The minimum absolute atomic E-state index is 0.165. The predicted octanol–water partition coefficient (Wildman–Crippen LogP) is -0.399. The van der Waals surface area contributed by atoms with E-state index >= 15 is 0 Å². The molecule has 20 heavy (non-hydrogen) atoms. The minimum Gasteiger partial charge on any atom is -0.394 e. The summed E-state index contributed by atoms with van der Waals surface area (Å²) in [4.78, 5) is 0. The molecule has 0 aliphatic heterocycles. The molecule has 0 bridgehead atoms. The lowest BCUT2D eigenvalue weighted by atomic mass is 10.0. The summed E-state index contributed by atoms with van der Waals surface area (Å²) < 4.78 is 0. The number of aliphatic hydroxyl groups excluding tert-OH is 3. The first-order chi connectivity index (χ1) is 9.61. The average Bonchev–Trinajstić information content (AvgIpc) is 2.51. The average molecular weight is 280 g/mol. The molecule has 0 radical (unpaired) electrons. The second kappa shape index (κ2) is 7.14. The van der Waals surface area contributed by atoms with Gasteiger partial charge in [-0.05, 0) is 18.4 Å². The Morgan fingerprint density at radius 2 is 1.70 bits per heavy atom. The number of nitrogens with one attached hydrogen (secondary N) is 1. The second-order valence-corrected chi connectivity index (χ2v) is 4.55. The number of hydrogen-bond acceptors (Lipinski definition) is 7. The van der Waals surface area contributed by atoms with Crippen LogP contribution in [0.5, 0.6) is 0 Å². The van der Waals surface area contributed by atoms with Gasteiger partial charge in [-0.1, -0.05) is 13.8 Å². The molecule has 0 aliphatic carbocycles. The molecule has 0 spiro atoms. The van der Waals surface area contributed by atoms with Crippen molar-refractivity contribution in [2.75, 3.05) is 25.1 Å². The van der Waals surface area contributed by atoms with Gasteiger partial charge in [-0.15, -0.1) is 5.10 Å². The van der Waals surface area contributed by atoms with Gasteiger partial charge in [0.1, 0.15) is 17.2 Å². The molecule has 0 saturated heterocycles. The Bertz CT molecular complexity index is 487. The van der Waals surface area contributed by atoms with Crippen LogP contribution in [0.25, 0.3) is 0 Å². The Morgan fingerprint density at radius 3 is 2.10 bits per heavy atom. The molecule has 1 aromatic heterocycles. The van der Waals surface area contributed by atoms with Crippen LogP contribution in [0.4, 0.5) is 5.82 Å². The minimum atomic E-state index is -1.33. The summed E-state index contributed by atoms with van der Waals surface area (Å²) in [5, 5.41) is 48.0. The number of nitrogens with zero attached hydrogens (tertiary/aromatic N) is 3. The maximum absolute atomic E-state index is 9.32. The van der Waals surface area contributed by atoms with Crippen molar-refractivity contribution in [3.63, 3.8) is 0 Å². The van der Waals surface area contributed by atoms with Gasteiger partial charge in [0.05, 0.1) is 25.5 Å². The summed E-state index contributed by atoms with van der Waals surface area (Å²) >= 11 is 0. The highest BCUT2D eigenvalue weighted by molar-refractivity contribution is 5.57. The van der Waals surface area contributed by atoms with Gasteiger partial charge in [-0.2, -0.15) is 10.4 Å². The van der Waals surface area contributed by atoms with Crippen molar-refractivity contribution in [3.05, 3.63) is 16.8 Å². The van der Waals surface area contributed by atoms with Crippen molar-refractivity contribution in [3.8, 4) is 6.07 Å². The van der Waals surface area contributed by atoms with Gasteiger partial charge >= 0.3 is 0 Å². The molecule has 1 rings (SSSR count). The molecule has 1 aromatic rings. The van der Waals surface area contributed by atoms with Crippen molar-refractivity contribution in [1.82, 2.24) is 10.2 Å². The highest BCUT2D eigenvalue weighted by Gasteiger charge is 2.30. The summed E-state index contributed by atoms with van der Waals surface area (Å²) in [5.41, 5.74) is 0.533. The molecule has 0 saturated carbocycles. The van der Waals surface area contributed by atoms with Gasteiger partial charge in [0, 0.05) is 0 Å². The Balaban J connectivity index is 3.29. The maximum Gasteiger partial charge on any atom is 0.167 e. The van der Waals surface area contributed by atoms with Crippen molar-refractivity contribution in [2.45, 2.75) is 32.2 Å². The van der Waals surface area contributed by atoms with E-state index in [1.54, 1.807) is 0 Å². The number of aryl methyl sites for hydroxylation is 1. The van der Waals surface area contributed by atoms with Crippen LogP contribution in [0.1, 0.15) is 30.7 Å². The lowest BCUT2D eigenvalue weighted by Crippen LogP contribution is -2.49. The van der Waals surface area contributed by atoms with Crippen LogP contribution in [0.3, 0.4) is 0 Å². The first-order valence-electron chi connectivity index (χ1n) is 6.50. The molecule has 110 valence electrons. The van der Waals surface area contributed by atoms with Crippen LogP contribution < -0.4 is 5.32 Å². The number of anilines is 1. The summed E-state index contributed by atoms with van der Waals surface area (Å²) in [7, 11) is 0. The smallest absolute Gasteiger partial charge is 0.167 e. The first-order valence-corrected chi connectivity index (χ1v) is 6.50. The van der Waals surface area contributed by atoms with E-state index < -0.39 is 25.4 Å². The second-order valence-electron chi connectivity index (χ2n) is 4.55. The summed E-state index contributed by atoms with van der Waals surface area (Å²) in [6, 6.07) is 2.07. The van der Waals surface area contributed by atoms with E-state index in [1.807, 2.05) is 13.8 Å². The van der Waals surface area contributed by atoms with Gasteiger partial charge in [-0.25, -0.2) is 0 Å². The molecule has 7 nitrogen and oxygen atoms in total. The third-order valence-electron chi connectivity index (χ3n) is 3.25. The summed E-state index contributed by atoms with van der Waals surface area (Å²) in [6.07, 6.45) is 1.29. The summed E-state index contributed by atoms with van der Waals surface area (Å²) in [6.45, 7) is 2.35. The van der Waals surface area contributed by atoms with E-state index in [2.05, 4.69) is 21.6 Å². The number of rotatable bonds is 7. The van der Waals surface area contributed by atoms with E-state index in [4.69, 9.17) is 0 Å². The highest BCUT2D eigenvalue weighted by Crippen LogP contribution is 2.22. The molecule has 7 heteroatoms. The van der Waals surface area contributed by atoms with Crippen molar-refractivity contribution < 1.29 is 15.3 Å². The molecule has 0 amide bonds. The summed E-state index contributed by atoms with van der Waals surface area (Å²) in [5.74, 6) is 0.165. The van der Waals surface area contributed by atoms with Crippen LogP contribution in [0, 0.1) is 11.3 Å². The fourth-order valence-corrected chi connectivity index (χ4v) is 1.90. The van der Waals surface area contributed by atoms with E-state index in [1.165, 1.54) is 0 Å². The number of nitriles is 1. The van der Waals surface area contributed by atoms with Gasteiger partial charge < -0.3 is 20.6 Å². The lowest BCUT2D eigenvalue weighted by molar-refractivity contribution is 0.0830. The molecule has 0 aromatic carbocycles. The molecule has 4 N–H and O–H groups in total. The fraction of sp³-hybridized carbons (Fsp3) is 0.615. The van der Waals surface area contributed by atoms with Gasteiger partial charge in [0.25, 0.3) is 0 Å². The molecular formula is C13H20N4O3. The van der Waals surface area contributed by atoms with Crippen LogP contribution in [0.2, 0.25) is 0 Å². The zero-order chi connectivity index (χ0) is 15.2. The molecular weight excluding hydrogens is 260 g/mol. The normalized spacial score (nSPS) is 11.2. The monoisotopic (exact) mass is 280 g/mol. The largest absolute Gasteiger partial charge is 0.394 e. The molecule has 0 fully saturated rings. The zero-order valence-electron chi connectivity index (χ0n) is 11.7. The Labute approximate surface area is 117 Å². The molecule has 1 heterocycles. The molecule has 0 unspecified atom stereocenters.